The van der Waals surface area contributed by atoms with Crippen molar-refractivity contribution < 1.29 is 4.74 Å². The lowest BCUT2D eigenvalue weighted by molar-refractivity contribution is 0.203. The Morgan fingerprint density at radius 2 is 2.19 bits per heavy atom. The monoisotopic (exact) mass is 227 g/mol. The van der Waals surface area contributed by atoms with Gasteiger partial charge in [0, 0.05) is 26.7 Å². The van der Waals surface area contributed by atoms with Crippen LogP contribution in [0.2, 0.25) is 0 Å². The third-order valence-electron chi connectivity index (χ3n) is 2.68. The fraction of sp³-hybridized carbons (Fsp3) is 0.917. The fourth-order valence-electron chi connectivity index (χ4n) is 1.59. The minimum atomic E-state index is 0.715. The Kier molecular flexibility index (Phi) is 6.97. The van der Waals surface area contributed by atoms with Crippen molar-refractivity contribution in [2.45, 2.75) is 32.6 Å². The van der Waals surface area contributed by atoms with Crippen molar-refractivity contribution in [1.29, 1.82) is 0 Å². The molecule has 0 aliphatic heterocycles. The summed E-state index contributed by atoms with van der Waals surface area (Å²) in [7, 11) is 1.71. The zero-order chi connectivity index (χ0) is 11.6. The summed E-state index contributed by atoms with van der Waals surface area (Å²) in [6, 6.07) is 0. The Hall–Kier alpha value is -0.770. The van der Waals surface area contributed by atoms with E-state index in [1.165, 1.54) is 25.7 Å². The molecule has 0 radical (unpaired) electrons. The first-order valence-corrected chi connectivity index (χ1v) is 6.38. The largest absolute Gasteiger partial charge is 0.383 e. The molecule has 0 atom stereocenters. The van der Waals surface area contributed by atoms with Gasteiger partial charge in [0.05, 0.1) is 6.61 Å². The van der Waals surface area contributed by atoms with E-state index >= 15 is 0 Å². The molecule has 1 aliphatic carbocycles. The highest BCUT2D eigenvalue weighted by molar-refractivity contribution is 5.79. The van der Waals surface area contributed by atoms with Gasteiger partial charge in [0.25, 0.3) is 0 Å². The van der Waals surface area contributed by atoms with Crippen molar-refractivity contribution in [3.8, 4) is 0 Å². The van der Waals surface area contributed by atoms with E-state index in [2.05, 4.69) is 22.5 Å². The summed E-state index contributed by atoms with van der Waals surface area (Å²) < 4.78 is 4.99. The van der Waals surface area contributed by atoms with Crippen LogP contribution in [0.5, 0.6) is 0 Å². The van der Waals surface area contributed by atoms with Gasteiger partial charge in [-0.2, -0.15) is 0 Å². The molecular weight excluding hydrogens is 202 g/mol. The van der Waals surface area contributed by atoms with Gasteiger partial charge in [-0.1, -0.05) is 12.8 Å². The molecule has 0 saturated heterocycles. The molecule has 0 bridgehead atoms. The minimum Gasteiger partial charge on any atom is -0.383 e. The molecule has 0 heterocycles. The Morgan fingerprint density at radius 1 is 1.38 bits per heavy atom. The highest BCUT2D eigenvalue weighted by atomic mass is 16.5. The van der Waals surface area contributed by atoms with E-state index in [4.69, 9.17) is 4.74 Å². The summed E-state index contributed by atoms with van der Waals surface area (Å²) >= 11 is 0. The Balaban J connectivity index is 2.09. The molecule has 1 saturated carbocycles. The predicted molar refractivity (Wildman–Crippen MR) is 67.8 cm³/mol. The normalized spacial score (nSPS) is 16.2. The molecular formula is C12H25N3O. The smallest absolute Gasteiger partial charge is 0.191 e. The van der Waals surface area contributed by atoms with Crippen molar-refractivity contribution in [1.82, 2.24) is 10.6 Å². The molecule has 94 valence electrons. The molecule has 1 aliphatic rings. The van der Waals surface area contributed by atoms with E-state index < -0.39 is 0 Å². The van der Waals surface area contributed by atoms with Crippen LogP contribution in [0.4, 0.5) is 0 Å². The van der Waals surface area contributed by atoms with Crippen LogP contribution in [0, 0.1) is 5.92 Å². The number of hydrogen-bond acceptors (Lipinski definition) is 2. The lowest BCUT2D eigenvalue weighted by Gasteiger charge is -2.10. The Morgan fingerprint density at radius 3 is 2.81 bits per heavy atom. The number of nitrogens with zero attached hydrogens (tertiary/aromatic N) is 1. The standard InChI is InChI=1S/C12H25N3O/c1-3-13-12(15-9-10-16-2)14-8-4-5-11-6-7-11/h11H,3-10H2,1-2H3,(H2,13,14,15). The maximum atomic E-state index is 4.99. The van der Waals surface area contributed by atoms with E-state index in [0.717, 1.165) is 31.5 Å². The van der Waals surface area contributed by atoms with E-state index in [1.54, 1.807) is 7.11 Å². The lowest BCUT2D eigenvalue weighted by Crippen LogP contribution is -2.39. The molecule has 1 fully saturated rings. The molecule has 2 N–H and O–H groups in total. The molecule has 1 rings (SSSR count). The van der Waals surface area contributed by atoms with Gasteiger partial charge in [0.1, 0.15) is 0 Å². The van der Waals surface area contributed by atoms with Gasteiger partial charge in [0.2, 0.25) is 0 Å². The van der Waals surface area contributed by atoms with Crippen molar-refractivity contribution in [2.24, 2.45) is 10.9 Å². The molecule has 16 heavy (non-hydrogen) atoms. The van der Waals surface area contributed by atoms with Crippen LogP contribution in [0.15, 0.2) is 4.99 Å². The molecule has 0 aromatic carbocycles. The van der Waals surface area contributed by atoms with Crippen molar-refractivity contribution >= 4 is 5.96 Å². The van der Waals surface area contributed by atoms with Gasteiger partial charge in [-0.15, -0.1) is 0 Å². The highest BCUT2D eigenvalue weighted by Crippen LogP contribution is 2.33. The molecule has 0 spiro atoms. The second-order valence-electron chi connectivity index (χ2n) is 4.27. The summed E-state index contributed by atoms with van der Waals surface area (Å²) in [6.07, 6.45) is 5.44. The second-order valence-corrected chi connectivity index (χ2v) is 4.27. The molecule has 4 nitrogen and oxygen atoms in total. The topological polar surface area (TPSA) is 45.7 Å². The summed E-state index contributed by atoms with van der Waals surface area (Å²) in [6.45, 7) is 5.44. The molecule has 0 unspecified atom stereocenters. The van der Waals surface area contributed by atoms with Gasteiger partial charge < -0.3 is 15.4 Å². The zero-order valence-electron chi connectivity index (χ0n) is 10.6. The van der Waals surface area contributed by atoms with Crippen LogP contribution < -0.4 is 10.6 Å². The van der Waals surface area contributed by atoms with Gasteiger partial charge in [-0.25, -0.2) is 0 Å². The van der Waals surface area contributed by atoms with Crippen molar-refractivity contribution in [3.63, 3.8) is 0 Å². The van der Waals surface area contributed by atoms with E-state index in [0.29, 0.717) is 6.61 Å². The first-order chi connectivity index (χ1) is 7.86. The molecule has 0 aromatic rings. The highest BCUT2D eigenvalue weighted by Gasteiger charge is 2.19. The van der Waals surface area contributed by atoms with E-state index in [-0.39, 0.29) is 0 Å². The third-order valence-corrected chi connectivity index (χ3v) is 2.68. The molecule has 0 amide bonds. The number of rotatable bonds is 8. The summed E-state index contributed by atoms with van der Waals surface area (Å²) in [5.41, 5.74) is 0. The number of guanidine groups is 1. The summed E-state index contributed by atoms with van der Waals surface area (Å²) in [4.78, 5) is 4.52. The van der Waals surface area contributed by atoms with Crippen molar-refractivity contribution in [2.75, 3.05) is 33.4 Å². The van der Waals surface area contributed by atoms with Crippen LogP contribution in [-0.2, 0) is 4.74 Å². The lowest BCUT2D eigenvalue weighted by atomic mass is 10.2. The van der Waals surface area contributed by atoms with Gasteiger partial charge >= 0.3 is 0 Å². The van der Waals surface area contributed by atoms with Crippen LogP contribution in [-0.4, -0.2) is 39.3 Å². The first-order valence-electron chi connectivity index (χ1n) is 6.38. The number of hydrogen-bond donors (Lipinski definition) is 2. The van der Waals surface area contributed by atoms with Crippen molar-refractivity contribution in [3.05, 3.63) is 0 Å². The summed E-state index contributed by atoms with van der Waals surface area (Å²) in [5.74, 6) is 1.93. The number of methoxy groups -OCH3 is 1. The maximum Gasteiger partial charge on any atom is 0.191 e. The summed E-state index contributed by atoms with van der Waals surface area (Å²) in [5, 5.41) is 6.47. The van der Waals surface area contributed by atoms with Crippen LogP contribution in [0.25, 0.3) is 0 Å². The second kappa shape index (κ2) is 8.39. The number of nitrogens with one attached hydrogen (secondary N) is 2. The third kappa shape index (κ3) is 6.67. The fourth-order valence-corrected chi connectivity index (χ4v) is 1.59. The minimum absolute atomic E-state index is 0.715. The van der Waals surface area contributed by atoms with Gasteiger partial charge in [0.15, 0.2) is 5.96 Å². The average molecular weight is 227 g/mol. The van der Waals surface area contributed by atoms with Crippen LogP contribution >= 0.6 is 0 Å². The van der Waals surface area contributed by atoms with Gasteiger partial charge in [-0.05, 0) is 25.7 Å². The van der Waals surface area contributed by atoms with Gasteiger partial charge in [-0.3, -0.25) is 4.99 Å². The SMILES string of the molecule is CCNC(=NCCCC1CC1)NCCOC. The van der Waals surface area contributed by atoms with Crippen LogP contribution in [0.1, 0.15) is 32.6 Å². The van der Waals surface area contributed by atoms with Crippen LogP contribution in [0.3, 0.4) is 0 Å². The number of aliphatic imine (C=N–C) groups is 1. The average Bonchev–Trinajstić information content (AvgIpc) is 3.08. The van der Waals surface area contributed by atoms with E-state index in [1.807, 2.05) is 0 Å². The maximum absolute atomic E-state index is 4.99. The van der Waals surface area contributed by atoms with E-state index in [9.17, 15) is 0 Å². The quantitative estimate of drug-likeness (QED) is 0.374. The predicted octanol–water partition coefficient (Wildman–Crippen LogP) is 1.38. The molecule has 4 heteroatoms. The Bertz CT molecular complexity index is 202. The Labute approximate surface area is 98.9 Å². The molecule has 0 aromatic heterocycles. The zero-order valence-corrected chi connectivity index (χ0v) is 10.6. The number of ether oxygens (including phenoxy) is 1. The first kappa shape index (κ1) is 13.3.